The Kier molecular flexibility index (Phi) is 2.88. The number of carboxylic acids is 1. The van der Waals surface area contributed by atoms with Gasteiger partial charge in [0, 0.05) is 19.7 Å². The number of carbonyl (C=O) groups excluding carboxylic acids is 1. The van der Waals surface area contributed by atoms with Crippen LogP contribution in [0.3, 0.4) is 0 Å². The van der Waals surface area contributed by atoms with Crippen molar-refractivity contribution in [3.8, 4) is 0 Å². The smallest absolute Gasteiger partial charge is 0.307 e. The summed E-state index contributed by atoms with van der Waals surface area (Å²) in [6.07, 6.45) is 0.632. The number of hydrogen-bond acceptors (Lipinski definition) is 2. The van der Waals surface area contributed by atoms with E-state index in [-0.39, 0.29) is 17.7 Å². The van der Waals surface area contributed by atoms with E-state index in [2.05, 4.69) is 0 Å². The van der Waals surface area contributed by atoms with E-state index in [9.17, 15) is 9.59 Å². The van der Waals surface area contributed by atoms with E-state index in [1.807, 2.05) is 12.1 Å². The average Bonchev–Trinajstić information content (AvgIpc) is 3.08. The summed E-state index contributed by atoms with van der Waals surface area (Å²) in [5.41, 5.74) is 1.48. The van der Waals surface area contributed by atoms with Gasteiger partial charge in [0.25, 0.3) is 5.91 Å². The van der Waals surface area contributed by atoms with Gasteiger partial charge < -0.3 is 10.0 Å². The van der Waals surface area contributed by atoms with Gasteiger partial charge in [-0.2, -0.15) is 0 Å². The van der Waals surface area contributed by atoms with Gasteiger partial charge in [0.05, 0.1) is 5.92 Å². The molecule has 0 radical (unpaired) electrons. The third-order valence-corrected chi connectivity index (χ3v) is 3.10. The standard InChI is InChI=1S/C13H15NO3/c1-14(2)12(15)9-6-4-3-5-8(9)10-7-11(10)13(16)17/h3-6,10-11H,7H2,1-2H3,(H,16,17). The summed E-state index contributed by atoms with van der Waals surface area (Å²) in [6, 6.07) is 7.26. The van der Waals surface area contributed by atoms with Crippen LogP contribution < -0.4 is 0 Å². The Labute approximate surface area is 99.9 Å². The normalized spacial score (nSPS) is 22.0. The minimum Gasteiger partial charge on any atom is -0.481 e. The number of aliphatic carboxylic acids is 1. The zero-order valence-corrected chi connectivity index (χ0v) is 9.88. The summed E-state index contributed by atoms with van der Waals surface area (Å²) >= 11 is 0. The highest BCUT2D eigenvalue weighted by molar-refractivity contribution is 5.96. The van der Waals surface area contributed by atoms with Crippen LogP contribution >= 0.6 is 0 Å². The lowest BCUT2D eigenvalue weighted by Gasteiger charge is -2.13. The van der Waals surface area contributed by atoms with E-state index < -0.39 is 5.97 Å². The van der Waals surface area contributed by atoms with E-state index >= 15 is 0 Å². The maximum atomic E-state index is 12.0. The fourth-order valence-corrected chi connectivity index (χ4v) is 2.07. The maximum absolute atomic E-state index is 12.0. The quantitative estimate of drug-likeness (QED) is 0.862. The Morgan fingerprint density at radius 3 is 2.47 bits per heavy atom. The molecule has 1 aromatic rings. The SMILES string of the molecule is CN(C)C(=O)c1ccccc1C1CC1C(=O)O. The summed E-state index contributed by atoms with van der Waals surface area (Å²) in [6.45, 7) is 0. The number of rotatable bonds is 3. The topological polar surface area (TPSA) is 57.6 Å². The first-order valence-corrected chi connectivity index (χ1v) is 5.55. The molecule has 90 valence electrons. The lowest BCUT2D eigenvalue weighted by Crippen LogP contribution is -2.23. The van der Waals surface area contributed by atoms with Gasteiger partial charge in [0.2, 0.25) is 0 Å². The molecule has 1 amide bonds. The molecule has 0 spiro atoms. The van der Waals surface area contributed by atoms with Crippen LogP contribution in [0.1, 0.15) is 28.3 Å². The Morgan fingerprint density at radius 1 is 1.29 bits per heavy atom. The molecular weight excluding hydrogens is 218 g/mol. The van der Waals surface area contributed by atoms with Crippen molar-refractivity contribution in [1.82, 2.24) is 4.90 Å². The van der Waals surface area contributed by atoms with Crippen LogP contribution in [-0.4, -0.2) is 36.0 Å². The number of amides is 1. The second-order valence-electron chi connectivity index (χ2n) is 4.57. The van der Waals surface area contributed by atoms with Crippen molar-refractivity contribution in [2.75, 3.05) is 14.1 Å². The van der Waals surface area contributed by atoms with Crippen molar-refractivity contribution in [1.29, 1.82) is 0 Å². The lowest BCUT2D eigenvalue weighted by molar-refractivity contribution is -0.138. The summed E-state index contributed by atoms with van der Waals surface area (Å²) in [7, 11) is 3.39. The number of benzene rings is 1. The fourth-order valence-electron chi connectivity index (χ4n) is 2.07. The van der Waals surface area contributed by atoms with Crippen molar-refractivity contribution in [3.63, 3.8) is 0 Å². The van der Waals surface area contributed by atoms with Gasteiger partial charge >= 0.3 is 5.97 Å². The summed E-state index contributed by atoms with van der Waals surface area (Å²) in [5, 5.41) is 8.93. The predicted molar refractivity (Wildman–Crippen MR) is 62.9 cm³/mol. The first-order valence-electron chi connectivity index (χ1n) is 5.55. The molecule has 1 fully saturated rings. The minimum absolute atomic E-state index is 0.00685. The number of hydrogen-bond donors (Lipinski definition) is 1. The van der Waals surface area contributed by atoms with Gasteiger partial charge in [-0.15, -0.1) is 0 Å². The van der Waals surface area contributed by atoms with E-state index in [0.29, 0.717) is 12.0 Å². The van der Waals surface area contributed by atoms with Crippen LogP contribution in [0.4, 0.5) is 0 Å². The van der Waals surface area contributed by atoms with Crippen molar-refractivity contribution in [2.45, 2.75) is 12.3 Å². The molecule has 1 N–H and O–H groups in total. The molecule has 4 heteroatoms. The molecule has 1 aliphatic rings. The van der Waals surface area contributed by atoms with E-state index in [1.165, 1.54) is 4.90 Å². The van der Waals surface area contributed by atoms with E-state index in [0.717, 1.165) is 5.56 Å². The molecule has 0 saturated heterocycles. The Hall–Kier alpha value is -1.84. The lowest BCUT2D eigenvalue weighted by atomic mass is 10.0. The van der Waals surface area contributed by atoms with Gasteiger partial charge in [-0.1, -0.05) is 18.2 Å². The third-order valence-electron chi connectivity index (χ3n) is 3.10. The highest BCUT2D eigenvalue weighted by Crippen LogP contribution is 2.48. The third kappa shape index (κ3) is 2.16. The van der Waals surface area contributed by atoms with Crippen molar-refractivity contribution in [3.05, 3.63) is 35.4 Å². The molecule has 1 aromatic carbocycles. The van der Waals surface area contributed by atoms with Crippen molar-refractivity contribution in [2.24, 2.45) is 5.92 Å². The molecule has 2 unspecified atom stereocenters. The van der Waals surface area contributed by atoms with Crippen LogP contribution in [0.2, 0.25) is 0 Å². The molecular formula is C13H15NO3. The number of carbonyl (C=O) groups is 2. The van der Waals surface area contributed by atoms with Gasteiger partial charge in [-0.05, 0) is 24.0 Å². The van der Waals surface area contributed by atoms with Crippen LogP contribution in [-0.2, 0) is 4.79 Å². The molecule has 1 saturated carbocycles. The Bertz CT molecular complexity index is 467. The molecule has 0 aliphatic heterocycles. The van der Waals surface area contributed by atoms with E-state index in [1.54, 1.807) is 26.2 Å². The molecule has 0 aromatic heterocycles. The molecule has 2 rings (SSSR count). The van der Waals surface area contributed by atoms with E-state index in [4.69, 9.17) is 5.11 Å². The highest BCUT2D eigenvalue weighted by Gasteiger charge is 2.45. The van der Waals surface area contributed by atoms with Crippen LogP contribution in [0.5, 0.6) is 0 Å². The fraction of sp³-hybridized carbons (Fsp3) is 0.385. The monoisotopic (exact) mass is 233 g/mol. The molecule has 0 bridgehead atoms. The van der Waals surface area contributed by atoms with Gasteiger partial charge in [-0.3, -0.25) is 9.59 Å². The van der Waals surface area contributed by atoms with Crippen LogP contribution in [0.15, 0.2) is 24.3 Å². The maximum Gasteiger partial charge on any atom is 0.307 e. The van der Waals surface area contributed by atoms with Gasteiger partial charge in [0.1, 0.15) is 0 Å². The molecule has 1 aliphatic carbocycles. The zero-order valence-electron chi connectivity index (χ0n) is 9.88. The molecule has 0 heterocycles. The number of carboxylic acid groups (broad SMARTS) is 1. The minimum atomic E-state index is -0.776. The number of nitrogens with zero attached hydrogens (tertiary/aromatic N) is 1. The Balaban J connectivity index is 2.30. The van der Waals surface area contributed by atoms with Crippen LogP contribution in [0, 0.1) is 5.92 Å². The Morgan fingerprint density at radius 2 is 1.94 bits per heavy atom. The zero-order chi connectivity index (χ0) is 12.6. The second-order valence-corrected chi connectivity index (χ2v) is 4.57. The summed E-state index contributed by atoms with van der Waals surface area (Å²) in [4.78, 5) is 24.3. The molecule has 2 atom stereocenters. The van der Waals surface area contributed by atoms with Gasteiger partial charge in [-0.25, -0.2) is 0 Å². The predicted octanol–water partition coefficient (Wildman–Crippen LogP) is 1.58. The van der Waals surface area contributed by atoms with Gasteiger partial charge in [0.15, 0.2) is 0 Å². The first kappa shape index (κ1) is 11.6. The van der Waals surface area contributed by atoms with Crippen LogP contribution in [0.25, 0.3) is 0 Å². The van der Waals surface area contributed by atoms with Crippen molar-refractivity contribution < 1.29 is 14.7 Å². The summed E-state index contributed by atoms with van der Waals surface area (Å²) in [5.74, 6) is -1.18. The average molecular weight is 233 g/mol. The highest BCUT2D eigenvalue weighted by atomic mass is 16.4. The first-order chi connectivity index (χ1) is 8.02. The molecule has 17 heavy (non-hydrogen) atoms. The van der Waals surface area contributed by atoms with Crippen molar-refractivity contribution >= 4 is 11.9 Å². The molecule has 4 nitrogen and oxygen atoms in total. The largest absolute Gasteiger partial charge is 0.481 e. The summed E-state index contributed by atoms with van der Waals surface area (Å²) < 4.78 is 0. The second kappa shape index (κ2) is 4.20.